The molecule has 126 valence electrons. The van der Waals surface area contributed by atoms with Crippen LogP contribution in [0.2, 0.25) is 5.02 Å². The number of carbonyl (C=O) groups is 1. The standard InChI is InChI=1S/C16H17ClN4OS2/c17-11-1-3-12(4-2-11)23-16-20-19-15(24-16)14(22)18-13-9-21-7-5-10(13)6-8-21/h1-4,10,13H,5-9H2,(H,18,22)/t13-/m0/s1. The fourth-order valence-electron chi connectivity index (χ4n) is 3.30. The highest BCUT2D eigenvalue weighted by Crippen LogP contribution is 2.31. The normalized spacial score (nSPS) is 25.6. The Bertz CT molecular complexity index is 728. The molecule has 0 aliphatic carbocycles. The Hall–Kier alpha value is -1.15. The van der Waals surface area contributed by atoms with Crippen molar-refractivity contribution in [3.8, 4) is 0 Å². The zero-order valence-electron chi connectivity index (χ0n) is 12.9. The molecule has 1 N–H and O–H groups in total. The van der Waals surface area contributed by atoms with Gasteiger partial charge in [-0.05, 0) is 56.1 Å². The van der Waals surface area contributed by atoms with Gasteiger partial charge in [0.25, 0.3) is 5.91 Å². The van der Waals surface area contributed by atoms with Gasteiger partial charge in [0.15, 0.2) is 4.34 Å². The number of halogens is 1. The number of piperidine rings is 3. The van der Waals surface area contributed by atoms with Crippen LogP contribution in [0, 0.1) is 5.92 Å². The number of carbonyl (C=O) groups excluding carboxylic acids is 1. The van der Waals surface area contributed by atoms with Gasteiger partial charge < -0.3 is 10.2 Å². The second kappa shape index (κ2) is 7.00. The molecule has 1 aromatic carbocycles. The van der Waals surface area contributed by atoms with Gasteiger partial charge in [0.05, 0.1) is 0 Å². The van der Waals surface area contributed by atoms with E-state index in [4.69, 9.17) is 11.6 Å². The summed E-state index contributed by atoms with van der Waals surface area (Å²) >= 11 is 8.71. The van der Waals surface area contributed by atoms with Crippen molar-refractivity contribution in [2.45, 2.75) is 28.1 Å². The second-order valence-corrected chi connectivity index (χ2v) is 8.88. The molecule has 0 unspecified atom stereocenters. The molecule has 24 heavy (non-hydrogen) atoms. The van der Waals surface area contributed by atoms with Gasteiger partial charge in [-0.25, -0.2) is 0 Å². The van der Waals surface area contributed by atoms with Crippen molar-refractivity contribution >= 4 is 40.6 Å². The Labute approximate surface area is 153 Å². The Morgan fingerprint density at radius 2 is 2.00 bits per heavy atom. The molecule has 8 heteroatoms. The maximum absolute atomic E-state index is 12.5. The molecule has 1 amide bonds. The molecule has 5 rings (SSSR count). The average molecular weight is 381 g/mol. The summed E-state index contributed by atoms with van der Waals surface area (Å²) in [4.78, 5) is 15.9. The van der Waals surface area contributed by atoms with Gasteiger partial charge in [0, 0.05) is 22.5 Å². The molecule has 2 aromatic rings. The number of rotatable bonds is 4. The van der Waals surface area contributed by atoms with Crippen LogP contribution in [0.5, 0.6) is 0 Å². The highest BCUT2D eigenvalue weighted by Gasteiger charge is 2.35. The molecule has 1 atom stereocenters. The van der Waals surface area contributed by atoms with E-state index in [1.165, 1.54) is 35.9 Å². The van der Waals surface area contributed by atoms with Crippen LogP contribution < -0.4 is 5.32 Å². The van der Waals surface area contributed by atoms with E-state index in [2.05, 4.69) is 20.4 Å². The molecule has 2 bridgehead atoms. The van der Waals surface area contributed by atoms with Gasteiger partial charge in [-0.3, -0.25) is 4.79 Å². The summed E-state index contributed by atoms with van der Waals surface area (Å²) in [6.45, 7) is 3.29. The molecule has 3 saturated heterocycles. The molecular weight excluding hydrogens is 364 g/mol. The first-order chi connectivity index (χ1) is 11.7. The zero-order chi connectivity index (χ0) is 16.5. The predicted octanol–water partition coefficient (Wildman–Crippen LogP) is 3.17. The minimum atomic E-state index is -0.103. The van der Waals surface area contributed by atoms with Gasteiger partial charge in [-0.1, -0.05) is 34.7 Å². The fourth-order valence-corrected chi connectivity index (χ4v) is 5.16. The molecule has 5 nitrogen and oxygen atoms in total. The summed E-state index contributed by atoms with van der Waals surface area (Å²) in [5.74, 6) is 0.504. The van der Waals surface area contributed by atoms with Crippen molar-refractivity contribution in [3.63, 3.8) is 0 Å². The summed E-state index contributed by atoms with van der Waals surface area (Å²) in [5, 5.41) is 12.5. The lowest BCUT2D eigenvalue weighted by Gasteiger charge is -2.44. The van der Waals surface area contributed by atoms with Crippen LogP contribution in [0.3, 0.4) is 0 Å². The Morgan fingerprint density at radius 1 is 1.25 bits per heavy atom. The molecule has 0 radical (unpaired) electrons. The SMILES string of the molecule is O=C(N[C@H]1CN2CCC1CC2)c1nnc(Sc2ccc(Cl)cc2)s1. The first-order valence-electron chi connectivity index (χ1n) is 7.97. The van der Waals surface area contributed by atoms with Gasteiger partial charge in [-0.2, -0.15) is 0 Å². The third kappa shape index (κ3) is 3.59. The molecule has 3 aliphatic heterocycles. The van der Waals surface area contributed by atoms with E-state index in [9.17, 15) is 4.79 Å². The lowest BCUT2D eigenvalue weighted by atomic mass is 9.84. The van der Waals surface area contributed by atoms with E-state index < -0.39 is 0 Å². The molecule has 1 aromatic heterocycles. The minimum absolute atomic E-state index is 0.103. The minimum Gasteiger partial charge on any atom is -0.346 e. The van der Waals surface area contributed by atoms with Crippen LogP contribution in [0.25, 0.3) is 0 Å². The van der Waals surface area contributed by atoms with Crippen LogP contribution in [0.4, 0.5) is 0 Å². The van der Waals surface area contributed by atoms with Crippen LogP contribution >= 0.6 is 34.7 Å². The average Bonchev–Trinajstić information content (AvgIpc) is 3.07. The fraction of sp³-hybridized carbons (Fsp3) is 0.438. The Balaban J connectivity index is 1.39. The summed E-state index contributed by atoms with van der Waals surface area (Å²) in [6, 6.07) is 7.79. The third-order valence-electron chi connectivity index (χ3n) is 4.59. The first-order valence-corrected chi connectivity index (χ1v) is 9.98. The van der Waals surface area contributed by atoms with Crippen molar-refractivity contribution in [2.24, 2.45) is 5.92 Å². The number of aromatic nitrogens is 2. The number of benzene rings is 1. The van der Waals surface area contributed by atoms with Crippen molar-refractivity contribution in [3.05, 3.63) is 34.3 Å². The van der Waals surface area contributed by atoms with Crippen molar-refractivity contribution in [2.75, 3.05) is 19.6 Å². The largest absolute Gasteiger partial charge is 0.346 e. The molecular formula is C16H17ClN4OS2. The van der Waals surface area contributed by atoms with E-state index in [0.29, 0.717) is 15.9 Å². The highest BCUT2D eigenvalue weighted by atomic mass is 35.5. The predicted molar refractivity (Wildman–Crippen MR) is 95.9 cm³/mol. The van der Waals surface area contributed by atoms with Crippen molar-refractivity contribution in [1.82, 2.24) is 20.4 Å². The number of amides is 1. The highest BCUT2D eigenvalue weighted by molar-refractivity contribution is 8.01. The molecule has 0 saturated carbocycles. The van der Waals surface area contributed by atoms with E-state index in [1.807, 2.05) is 24.3 Å². The summed E-state index contributed by atoms with van der Waals surface area (Å²) in [7, 11) is 0. The lowest BCUT2D eigenvalue weighted by molar-refractivity contribution is 0.0620. The topological polar surface area (TPSA) is 58.1 Å². The third-order valence-corrected chi connectivity index (χ3v) is 6.82. The summed E-state index contributed by atoms with van der Waals surface area (Å²) in [6.07, 6.45) is 2.36. The van der Waals surface area contributed by atoms with E-state index >= 15 is 0 Å². The van der Waals surface area contributed by atoms with Crippen LogP contribution in [-0.2, 0) is 0 Å². The monoisotopic (exact) mass is 380 g/mol. The maximum atomic E-state index is 12.5. The van der Waals surface area contributed by atoms with E-state index in [0.717, 1.165) is 28.9 Å². The van der Waals surface area contributed by atoms with Crippen LogP contribution in [-0.4, -0.2) is 46.7 Å². The number of nitrogens with zero attached hydrogens (tertiary/aromatic N) is 3. The van der Waals surface area contributed by atoms with E-state index in [1.54, 1.807) is 0 Å². The molecule has 0 spiro atoms. The summed E-state index contributed by atoms with van der Waals surface area (Å²) < 4.78 is 0.761. The molecule has 3 aliphatic rings. The second-order valence-electron chi connectivity index (χ2n) is 6.15. The van der Waals surface area contributed by atoms with E-state index in [-0.39, 0.29) is 11.9 Å². The quantitative estimate of drug-likeness (QED) is 0.882. The van der Waals surface area contributed by atoms with Crippen molar-refractivity contribution < 1.29 is 4.79 Å². The van der Waals surface area contributed by atoms with Crippen LogP contribution in [0.1, 0.15) is 22.6 Å². The maximum Gasteiger partial charge on any atom is 0.282 e. The van der Waals surface area contributed by atoms with Gasteiger partial charge in [0.1, 0.15) is 0 Å². The lowest BCUT2D eigenvalue weighted by Crippen LogP contribution is -2.57. The summed E-state index contributed by atoms with van der Waals surface area (Å²) in [5.41, 5.74) is 0. The Kier molecular flexibility index (Phi) is 4.76. The Morgan fingerprint density at radius 3 is 2.67 bits per heavy atom. The van der Waals surface area contributed by atoms with Gasteiger partial charge in [0.2, 0.25) is 5.01 Å². The number of hydrogen-bond donors (Lipinski definition) is 1. The zero-order valence-corrected chi connectivity index (χ0v) is 15.3. The smallest absolute Gasteiger partial charge is 0.282 e. The number of nitrogens with one attached hydrogen (secondary N) is 1. The van der Waals surface area contributed by atoms with Crippen LogP contribution in [0.15, 0.2) is 33.5 Å². The molecule has 4 heterocycles. The van der Waals surface area contributed by atoms with Crippen molar-refractivity contribution in [1.29, 1.82) is 0 Å². The number of fused-ring (bicyclic) bond motifs is 3. The molecule has 3 fully saturated rings. The van der Waals surface area contributed by atoms with Gasteiger partial charge >= 0.3 is 0 Å². The first kappa shape index (κ1) is 16.3. The van der Waals surface area contributed by atoms with Gasteiger partial charge in [-0.15, -0.1) is 10.2 Å². The number of hydrogen-bond acceptors (Lipinski definition) is 6.